The Morgan fingerprint density at radius 3 is 1.82 bits per heavy atom. The molecule has 120 valence electrons. The van der Waals surface area contributed by atoms with Gasteiger partial charge in [0.15, 0.2) is 0 Å². The van der Waals surface area contributed by atoms with Crippen molar-refractivity contribution in [3.63, 3.8) is 0 Å². The molecule has 1 unspecified atom stereocenters. The van der Waals surface area contributed by atoms with Crippen LogP contribution in [0.1, 0.15) is 54.0 Å². The molecule has 0 aliphatic carbocycles. The van der Waals surface area contributed by atoms with Crippen molar-refractivity contribution >= 4 is 0 Å². The summed E-state index contributed by atoms with van der Waals surface area (Å²) in [4.78, 5) is 0. The van der Waals surface area contributed by atoms with Gasteiger partial charge in [-0.05, 0) is 12.5 Å². The Morgan fingerprint density at radius 1 is 1.00 bits per heavy atom. The summed E-state index contributed by atoms with van der Waals surface area (Å²) in [6, 6.07) is 9.62. The van der Waals surface area contributed by atoms with E-state index >= 15 is 0 Å². The number of hydrogen-bond acceptors (Lipinski definition) is 2. The van der Waals surface area contributed by atoms with Crippen molar-refractivity contribution in [1.82, 2.24) is 0 Å². The maximum atomic E-state index is 11.1. The summed E-state index contributed by atoms with van der Waals surface area (Å²) in [6.45, 7) is 15.6. The van der Waals surface area contributed by atoms with Crippen LogP contribution in [0.2, 0.25) is 0 Å². The van der Waals surface area contributed by atoms with Gasteiger partial charge < -0.3 is 9.84 Å². The second kappa shape index (κ2) is 8.02. The molecular formula is C19H31LiO2. The predicted molar refractivity (Wildman–Crippen MR) is 88.7 cm³/mol. The molecule has 22 heavy (non-hydrogen) atoms. The summed E-state index contributed by atoms with van der Waals surface area (Å²) in [5.74, 6) is -1.15. The summed E-state index contributed by atoms with van der Waals surface area (Å²) >= 11 is 0. The molecular weight excluding hydrogens is 267 g/mol. The maximum Gasteiger partial charge on any atom is 1.00 e. The molecule has 0 bridgehead atoms. The number of hydrogen-bond donors (Lipinski definition) is 1. The molecule has 0 radical (unpaired) electrons. The van der Waals surface area contributed by atoms with Crippen LogP contribution in [0.4, 0.5) is 0 Å². The third-order valence-corrected chi connectivity index (χ3v) is 3.81. The SMILES string of the molecule is CCOC(O)([CH-]C(C(C)(C)C)C(C)(C)C)c1ccccc1.[Li+]. The molecule has 0 heterocycles. The van der Waals surface area contributed by atoms with E-state index in [0.717, 1.165) is 5.56 Å². The molecule has 1 aromatic carbocycles. The molecule has 0 saturated carbocycles. The van der Waals surface area contributed by atoms with E-state index in [9.17, 15) is 5.11 Å². The van der Waals surface area contributed by atoms with Crippen molar-refractivity contribution in [2.75, 3.05) is 6.61 Å². The normalized spacial score (nSPS) is 15.3. The Balaban J connectivity index is 0.00000441. The van der Waals surface area contributed by atoms with Crippen molar-refractivity contribution in [1.29, 1.82) is 0 Å². The minimum absolute atomic E-state index is 0. The molecule has 1 rings (SSSR count). The van der Waals surface area contributed by atoms with Gasteiger partial charge in [-0.2, -0.15) is 5.92 Å². The van der Waals surface area contributed by atoms with Crippen LogP contribution in [0.15, 0.2) is 30.3 Å². The van der Waals surface area contributed by atoms with Gasteiger partial charge in [0.1, 0.15) is 0 Å². The monoisotopic (exact) mass is 298 g/mol. The van der Waals surface area contributed by atoms with Crippen LogP contribution in [-0.4, -0.2) is 11.7 Å². The van der Waals surface area contributed by atoms with Gasteiger partial charge in [-0.3, -0.25) is 6.42 Å². The van der Waals surface area contributed by atoms with Crippen LogP contribution in [0.25, 0.3) is 0 Å². The third kappa shape index (κ3) is 5.74. The molecule has 0 aliphatic heterocycles. The first-order chi connectivity index (χ1) is 9.50. The molecule has 0 amide bonds. The molecule has 1 atom stereocenters. The second-order valence-electron chi connectivity index (χ2n) is 7.87. The Morgan fingerprint density at radius 2 is 1.45 bits per heavy atom. The predicted octanol–water partition coefficient (Wildman–Crippen LogP) is 1.78. The number of benzene rings is 1. The van der Waals surface area contributed by atoms with Crippen LogP contribution < -0.4 is 18.9 Å². The van der Waals surface area contributed by atoms with Gasteiger partial charge in [0.25, 0.3) is 0 Å². The third-order valence-electron chi connectivity index (χ3n) is 3.81. The first kappa shape index (κ1) is 21.7. The molecule has 2 nitrogen and oxygen atoms in total. The van der Waals surface area contributed by atoms with Gasteiger partial charge in [0, 0.05) is 6.61 Å². The van der Waals surface area contributed by atoms with Gasteiger partial charge in [-0.15, -0.1) is 0 Å². The van der Waals surface area contributed by atoms with Crippen LogP contribution in [0, 0.1) is 23.2 Å². The zero-order valence-electron chi connectivity index (χ0n) is 15.6. The van der Waals surface area contributed by atoms with E-state index in [4.69, 9.17) is 4.74 Å². The zero-order chi connectivity index (χ0) is 16.3. The van der Waals surface area contributed by atoms with E-state index in [2.05, 4.69) is 41.5 Å². The minimum Gasteiger partial charge on any atom is -0.391 e. The Bertz CT molecular complexity index is 417. The zero-order valence-corrected chi connectivity index (χ0v) is 15.6. The van der Waals surface area contributed by atoms with Gasteiger partial charge in [0.05, 0.1) is 5.79 Å². The first-order valence-corrected chi connectivity index (χ1v) is 7.78. The second-order valence-corrected chi connectivity index (χ2v) is 7.87. The van der Waals surface area contributed by atoms with Crippen molar-refractivity contribution in [2.45, 2.75) is 54.3 Å². The van der Waals surface area contributed by atoms with Crippen molar-refractivity contribution in [2.24, 2.45) is 16.7 Å². The fourth-order valence-electron chi connectivity index (χ4n) is 3.15. The number of aliphatic hydroxyl groups is 1. The van der Waals surface area contributed by atoms with Crippen molar-refractivity contribution in [3.8, 4) is 0 Å². The number of rotatable bonds is 5. The van der Waals surface area contributed by atoms with Gasteiger partial charge in [-0.1, -0.05) is 82.7 Å². The van der Waals surface area contributed by atoms with E-state index in [0.29, 0.717) is 6.61 Å². The van der Waals surface area contributed by atoms with Gasteiger partial charge in [0.2, 0.25) is 0 Å². The molecule has 1 N–H and O–H groups in total. The van der Waals surface area contributed by atoms with Crippen LogP contribution in [0.3, 0.4) is 0 Å². The summed E-state index contributed by atoms with van der Waals surface area (Å²) in [6.07, 6.45) is 1.98. The molecule has 0 fully saturated rings. The Labute approximate surface area is 148 Å². The largest absolute Gasteiger partial charge is 1.00 e. The smallest absolute Gasteiger partial charge is 0.391 e. The standard InChI is InChI=1S/C19H31O2.Li/c1-8-21-19(20,15-12-10-9-11-13-15)14-16(17(2,3)4)18(5,6)7;/h9-14,16,20H,8H2,1-7H3;/q-1;+1. The average molecular weight is 298 g/mol. The van der Waals surface area contributed by atoms with Crippen LogP contribution in [-0.2, 0) is 10.5 Å². The fourth-order valence-corrected chi connectivity index (χ4v) is 3.15. The van der Waals surface area contributed by atoms with Gasteiger partial charge >= 0.3 is 18.9 Å². The first-order valence-electron chi connectivity index (χ1n) is 7.78. The Hall–Kier alpha value is -0.263. The van der Waals surface area contributed by atoms with Gasteiger partial charge in [-0.25, -0.2) is 0 Å². The average Bonchev–Trinajstić information content (AvgIpc) is 2.35. The minimum atomic E-state index is -1.35. The molecule has 0 aromatic heterocycles. The molecule has 0 spiro atoms. The van der Waals surface area contributed by atoms with Crippen LogP contribution >= 0.6 is 0 Å². The quantitative estimate of drug-likeness (QED) is 0.510. The van der Waals surface area contributed by atoms with Crippen LogP contribution in [0.5, 0.6) is 0 Å². The fraction of sp³-hybridized carbons (Fsp3) is 0.632. The van der Waals surface area contributed by atoms with E-state index < -0.39 is 5.79 Å². The van der Waals surface area contributed by atoms with E-state index in [1.165, 1.54) is 0 Å². The summed E-state index contributed by atoms with van der Waals surface area (Å²) < 4.78 is 5.74. The van der Waals surface area contributed by atoms with Crippen molar-refractivity contribution < 1.29 is 28.7 Å². The summed E-state index contributed by atoms with van der Waals surface area (Å²) in [5.41, 5.74) is 0.862. The Kier molecular flexibility index (Phi) is 7.92. The molecule has 0 aliphatic rings. The number of ether oxygens (including phenoxy) is 1. The maximum absolute atomic E-state index is 11.1. The van der Waals surface area contributed by atoms with E-state index in [1.807, 2.05) is 43.7 Å². The molecule has 3 heteroatoms. The molecule has 1 aromatic rings. The van der Waals surface area contributed by atoms with E-state index in [-0.39, 0.29) is 35.6 Å². The van der Waals surface area contributed by atoms with Crippen molar-refractivity contribution in [3.05, 3.63) is 42.3 Å². The molecule has 0 saturated heterocycles. The summed E-state index contributed by atoms with van der Waals surface area (Å²) in [7, 11) is 0. The van der Waals surface area contributed by atoms with E-state index in [1.54, 1.807) is 0 Å². The summed E-state index contributed by atoms with van der Waals surface area (Å²) in [5, 5.41) is 11.1. The topological polar surface area (TPSA) is 29.5 Å².